The predicted octanol–water partition coefficient (Wildman–Crippen LogP) is 1.28. The maximum atomic E-state index is 4.38. The lowest BCUT2D eigenvalue weighted by molar-refractivity contribution is 0.706. The molecule has 0 unspecified atom stereocenters. The van der Waals surface area contributed by atoms with Gasteiger partial charge >= 0.3 is 0 Å². The molecule has 0 bridgehead atoms. The predicted molar refractivity (Wildman–Crippen MR) is 39.1 cm³/mol. The van der Waals surface area contributed by atoms with Crippen LogP contribution in [0.3, 0.4) is 0 Å². The zero-order valence-corrected chi connectivity index (χ0v) is 5.85. The highest BCUT2D eigenvalue weighted by Gasteiger charge is 2.25. The largest absolute Gasteiger partial charge is 0.261 e. The van der Waals surface area contributed by atoms with E-state index in [2.05, 4.69) is 11.2 Å². The minimum Gasteiger partial charge on any atom is -0.261 e. The van der Waals surface area contributed by atoms with Crippen molar-refractivity contribution in [2.45, 2.75) is 25.7 Å². The number of aryl methyl sites for hydroxylation is 2. The summed E-state index contributed by atoms with van der Waals surface area (Å²) in [6.45, 7) is 0. The molecule has 0 spiro atoms. The number of rotatable bonds is 0. The summed E-state index contributed by atoms with van der Waals surface area (Å²) >= 11 is 0. The van der Waals surface area contributed by atoms with Crippen molar-refractivity contribution in [1.82, 2.24) is 4.98 Å². The molecule has 0 saturated carbocycles. The second kappa shape index (κ2) is 1.42. The van der Waals surface area contributed by atoms with Crippen molar-refractivity contribution >= 4 is 0 Å². The van der Waals surface area contributed by atoms with Crippen LogP contribution in [0.15, 0.2) is 6.20 Å². The maximum Gasteiger partial charge on any atom is 0.0441 e. The Morgan fingerprint density at radius 1 is 1.00 bits per heavy atom. The highest BCUT2D eigenvalue weighted by atomic mass is 14.7. The molecule has 2 aliphatic rings. The average molecular weight is 131 g/mol. The summed E-state index contributed by atoms with van der Waals surface area (Å²) in [7, 11) is 0. The van der Waals surface area contributed by atoms with E-state index < -0.39 is 0 Å². The molecular formula is C9H9N. The summed E-state index contributed by atoms with van der Waals surface area (Å²) < 4.78 is 0. The minimum atomic E-state index is 1.22. The molecule has 1 aromatic rings. The van der Waals surface area contributed by atoms with Gasteiger partial charge in [-0.25, -0.2) is 0 Å². The van der Waals surface area contributed by atoms with Gasteiger partial charge in [0.15, 0.2) is 0 Å². The minimum absolute atomic E-state index is 1.22. The van der Waals surface area contributed by atoms with E-state index in [0.29, 0.717) is 0 Å². The van der Waals surface area contributed by atoms with Gasteiger partial charge in [-0.05, 0) is 42.4 Å². The van der Waals surface area contributed by atoms with Crippen LogP contribution in [-0.2, 0) is 25.7 Å². The molecule has 1 aromatic heterocycles. The number of aromatic nitrogens is 1. The zero-order chi connectivity index (χ0) is 6.55. The van der Waals surface area contributed by atoms with Gasteiger partial charge in [-0.15, -0.1) is 0 Å². The lowest BCUT2D eigenvalue weighted by Crippen LogP contribution is -2.21. The van der Waals surface area contributed by atoms with E-state index >= 15 is 0 Å². The van der Waals surface area contributed by atoms with E-state index in [4.69, 9.17) is 0 Å². The first-order valence-corrected chi connectivity index (χ1v) is 3.93. The van der Waals surface area contributed by atoms with Gasteiger partial charge in [0.25, 0.3) is 0 Å². The van der Waals surface area contributed by atoms with Crippen LogP contribution in [0.5, 0.6) is 0 Å². The van der Waals surface area contributed by atoms with Crippen molar-refractivity contribution in [2.24, 2.45) is 0 Å². The Hall–Kier alpha value is -0.850. The van der Waals surface area contributed by atoms with Crippen molar-refractivity contribution in [3.05, 3.63) is 28.6 Å². The smallest absolute Gasteiger partial charge is 0.0441 e. The number of hydrogen-bond donors (Lipinski definition) is 0. The molecule has 0 aliphatic heterocycles. The normalized spacial score (nSPS) is 18.4. The first-order valence-electron chi connectivity index (χ1n) is 3.93. The Labute approximate surface area is 60.1 Å². The van der Waals surface area contributed by atoms with Gasteiger partial charge in [0.2, 0.25) is 0 Å². The van der Waals surface area contributed by atoms with Gasteiger partial charge < -0.3 is 0 Å². The number of hydrogen-bond acceptors (Lipinski definition) is 1. The fourth-order valence-electron chi connectivity index (χ4n) is 1.87. The summed E-state index contributed by atoms with van der Waals surface area (Å²) in [5.74, 6) is 0. The standard InChI is InChI=1S/C9H9N/c1-2-7-6(1)5-10-9-4-3-8(7)9/h5H,1-4H2. The fraction of sp³-hybridized carbons (Fsp3) is 0.444. The Morgan fingerprint density at radius 2 is 1.90 bits per heavy atom. The molecule has 0 aromatic carbocycles. The number of pyridine rings is 1. The van der Waals surface area contributed by atoms with E-state index in [9.17, 15) is 0 Å². The third kappa shape index (κ3) is 0.395. The van der Waals surface area contributed by atoms with E-state index in [-0.39, 0.29) is 0 Å². The van der Waals surface area contributed by atoms with E-state index in [1.165, 1.54) is 36.9 Å². The quantitative estimate of drug-likeness (QED) is 0.517. The van der Waals surface area contributed by atoms with Gasteiger partial charge in [-0.1, -0.05) is 0 Å². The molecule has 50 valence electrons. The first kappa shape index (κ1) is 4.89. The SMILES string of the molecule is c1nc2c(c3c1CC3)CC2. The molecular weight excluding hydrogens is 122 g/mol. The summed E-state index contributed by atoms with van der Waals surface area (Å²) in [4.78, 5) is 4.38. The molecule has 10 heavy (non-hydrogen) atoms. The first-order chi connectivity index (χ1) is 4.95. The van der Waals surface area contributed by atoms with E-state index in [0.717, 1.165) is 0 Å². The topological polar surface area (TPSA) is 12.9 Å². The van der Waals surface area contributed by atoms with Gasteiger partial charge in [-0.3, -0.25) is 4.98 Å². The van der Waals surface area contributed by atoms with Gasteiger partial charge in [-0.2, -0.15) is 0 Å². The lowest BCUT2D eigenvalue weighted by atomic mass is 9.79. The Bertz CT molecular complexity index is 271. The van der Waals surface area contributed by atoms with Crippen LogP contribution in [0.4, 0.5) is 0 Å². The second-order valence-corrected chi connectivity index (χ2v) is 3.19. The van der Waals surface area contributed by atoms with Crippen LogP contribution < -0.4 is 0 Å². The van der Waals surface area contributed by atoms with Gasteiger partial charge in [0.05, 0.1) is 0 Å². The summed E-state index contributed by atoms with van der Waals surface area (Å²) in [5.41, 5.74) is 6.11. The zero-order valence-electron chi connectivity index (χ0n) is 5.85. The molecule has 0 amide bonds. The van der Waals surface area contributed by atoms with Crippen LogP contribution in [0.2, 0.25) is 0 Å². The Kier molecular flexibility index (Phi) is 0.693. The number of nitrogens with zero attached hydrogens (tertiary/aromatic N) is 1. The Balaban J connectivity index is 2.34. The molecule has 1 nitrogen and oxygen atoms in total. The van der Waals surface area contributed by atoms with Crippen LogP contribution in [-0.4, -0.2) is 4.98 Å². The molecule has 1 heterocycles. The Morgan fingerprint density at radius 3 is 2.40 bits per heavy atom. The molecule has 0 radical (unpaired) electrons. The molecule has 1 heteroatoms. The highest BCUT2D eigenvalue weighted by molar-refractivity contribution is 5.46. The van der Waals surface area contributed by atoms with Crippen molar-refractivity contribution in [2.75, 3.05) is 0 Å². The van der Waals surface area contributed by atoms with Gasteiger partial charge in [0.1, 0.15) is 0 Å². The maximum absolute atomic E-state index is 4.38. The average Bonchev–Trinajstić information content (AvgIpc) is 1.84. The third-order valence-electron chi connectivity index (χ3n) is 2.73. The second-order valence-electron chi connectivity index (χ2n) is 3.19. The van der Waals surface area contributed by atoms with Crippen LogP contribution in [0.25, 0.3) is 0 Å². The van der Waals surface area contributed by atoms with E-state index in [1.807, 2.05) is 0 Å². The van der Waals surface area contributed by atoms with Crippen molar-refractivity contribution in [3.63, 3.8) is 0 Å². The molecule has 2 aliphatic carbocycles. The summed E-state index contributed by atoms with van der Waals surface area (Å²) in [6, 6.07) is 0. The highest BCUT2D eigenvalue weighted by Crippen LogP contribution is 2.33. The summed E-state index contributed by atoms with van der Waals surface area (Å²) in [5, 5.41) is 0. The van der Waals surface area contributed by atoms with Crippen molar-refractivity contribution in [1.29, 1.82) is 0 Å². The van der Waals surface area contributed by atoms with Crippen LogP contribution in [0.1, 0.15) is 22.4 Å². The number of fused-ring (bicyclic) bond motifs is 3. The van der Waals surface area contributed by atoms with Crippen molar-refractivity contribution in [3.8, 4) is 0 Å². The van der Waals surface area contributed by atoms with E-state index in [1.54, 1.807) is 11.1 Å². The molecule has 0 atom stereocenters. The summed E-state index contributed by atoms with van der Waals surface area (Å²) in [6.07, 6.45) is 7.18. The third-order valence-corrected chi connectivity index (χ3v) is 2.73. The monoisotopic (exact) mass is 131 g/mol. The van der Waals surface area contributed by atoms with Gasteiger partial charge in [0, 0.05) is 11.9 Å². The van der Waals surface area contributed by atoms with Crippen molar-refractivity contribution < 1.29 is 0 Å². The molecule has 3 rings (SSSR count). The van der Waals surface area contributed by atoms with Crippen LogP contribution in [0, 0.1) is 0 Å². The lowest BCUT2D eigenvalue weighted by Gasteiger charge is -2.28. The van der Waals surface area contributed by atoms with Crippen LogP contribution >= 0.6 is 0 Å². The molecule has 0 fully saturated rings. The molecule has 0 saturated heterocycles. The molecule has 0 N–H and O–H groups in total. The fourth-order valence-corrected chi connectivity index (χ4v) is 1.87.